The summed E-state index contributed by atoms with van der Waals surface area (Å²) < 4.78 is 5.44. The van der Waals surface area contributed by atoms with Crippen molar-refractivity contribution in [1.29, 1.82) is 0 Å². The van der Waals surface area contributed by atoms with Crippen molar-refractivity contribution in [2.75, 3.05) is 33.4 Å². The van der Waals surface area contributed by atoms with Gasteiger partial charge in [-0.3, -0.25) is 9.69 Å². The number of nitrogens with one attached hydrogen (secondary N) is 1. The highest BCUT2D eigenvalue weighted by Crippen LogP contribution is 2.28. The number of aromatic nitrogens is 1. The number of aliphatic hydroxyl groups excluding tert-OH is 1. The molecular formula is C22H29N3O3. The van der Waals surface area contributed by atoms with Crippen molar-refractivity contribution in [1.82, 2.24) is 14.8 Å². The molecule has 1 aliphatic carbocycles. The normalized spacial score (nSPS) is 26.1. The molecule has 0 spiro atoms. The first-order valence-electron chi connectivity index (χ1n) is 10.2. The van der Waals surface area contributed by atoms with E-state index in [-0.39, 0.29) is 18.0 Å². The van der Waals surface area contributed by atoms with Crippen LogP contribution < -0.4 is 0 Å². The molecule has 2 aromatic rings. The standard InChI is InChI=1S/C22H29N3O3/c1-24(19-8-5-9-20(21(19)26)25-12-14-28-15-13-25)22(27)18-11-10-17(23-18)16-6-3-2-4-7-16/h2-4,6-7,10-11,19-21,23,26H,5,8-9,12-15H2,1H3/t19-,20-,21-/m1/s1. The van der Waals surface area contributed by atoms with Gasteiger partial charge in [-0.1, -0.05) is 30.3 Å². The molecule has 4 rings (SSSR count). The minimum Gasteiger partial charge on any atom is -0.389 e. The fraction of sp³-hybridized carbons (Fsp3) is 0.500. The molecule has 1 aromatic carbocycles. The molecule has 0 radical (unpaired) electrons. The second-order valence-electron chi connectivity index (χ2n) is 7.77. The van der Waals surface area contributed by atoms with Crippen LogP contribution in [-0.4, -0.2) is 77.3 Å². The van der Waals surface area contributed by atoms with Crippen LogP contribution in [0.5, 0.6) is 0 Å². The Labute approximate surface area is 166 Å². The number of H-pyrrole nitrogens is 1. The third-order valence-electron chi connectivity index (χ3n) is 6.12. The van der Waals surface area contributed by atoms with E-state index in [0.29, 0.717) is 18.9 Å². The number of rotatable bonds is 4. The van der Waals surface area contributed by atoms with Crippen molar-refractivity contribution in [3.05, 3.63) is 48.2 Å². The number of aliphatic hydroxyl groups is 1. The second-order valence-corrected chi connectivity index (χ2v) is 7.77. The predicted molar refractivity (Wildman–Crippen MR) is 108 cm³/mol. The number of amides is 1. The maximum absolute atomic E-state index is 13.1. The number of morpholine rings is 1. The fourth-order valence-corrected chi connectivity index (χ4v) is 4.51. The molecule has 1 saturated carbocycles. The van der Waals surface area contributed by atoms with E-state index in [1.165, 1.54) is 0 Å². The third-order valence-corrected chi connectivity index (χ3v) is 6.12. The van der Waals surface area contributed by atoms with E-state index < -0.39 is 6.10 Å². The topological polar surface area (TPSA) is 68.8 Å². The van der Waals surface area contributed by atoms with Gasteiger partial charge in [0.05, 0.1) is 25.4 Å². The molecule has 1 aliphatic heterocycles. The van der Waals surface area contributed by atoms with Crippen LogP contribution in [0.3, 0.4) is 0 Å². The van der Waals surface area contributed by atoms with Crippen molar-refractivity contribution in [2.45, 2.75) is 37.5 Å². The Hall–Kier alpha value is -2.15. The Bertz CT molecular complexity index is 785. The van der Waals surface area contributed by atoms with E-state index >= 15 is 0 Å². The van der Waals surface area contributed by atoms with Crippen LogP contribution in [-0.2, 0) is 4.74 Å². The molecule has 1 aromatic heterocycles. The van der Waals surface area contributed by atoms with Crippen molar-refractivity contribution in [3.63, 3.8) is 0 Å². The highest BCUT2D eigenvalue weighted by Gasteiger charge is 2.39. The molecule has 3 atom stereocenters. The van der Waals surface area contributed by atoms with Gasteiger partial charge in [-0.05, 0) is 37.0 Å². The summed E-state index contributed by atoms with van der Waals surface area (Å²) in [5, 5.41) is 11.0. The number of benzene rings is 1. The zero-order chi connectivity index (χ0) is 19.5. The molecule has 6 heteroatoms. The monoisotopic (exact) mass is 383 g/mol. The van der Waals surface area contributed by atoms with Gasteiger partial charge in [0, 0.05) is 31.9 Å². The molecule has 2 heterocycles. The largest absolute Gasteiger partial charge is 0.389 e. The van der Waals surface area contributed by atoms with Crippen LogP contribution in [0.4, 0.5) is 0 Å². The molecule has 2 fully saturated rings. The summed E-state index contributed by atoms with van der Waals surface area (Å²) in [7, 11) is 1.81. The molecule has 1 saturated heterocycles. The average molecular weight is 383 g/mol. The van der Waals surface area contributed by atoms with E-state index in [2.05, 4.69) is 9.88 Å². The summed E-state index contributed by atoms with van der Waals surface area (Å²) in [4.78, 5) is 20.3. The maximum Gasteiger partial charge on any atom is 0.270 e. The lowest BCUT2D eigenvalue weighted by atomic mass is 9.86. The predicted octanol–water partition coefficient (Wildman–Crippen LogP) is 2.37. The van der Waals surface area contributed by atoms with E-state index in [0.717, 1.165) is 43.6 Å². The number of hydrogen-bond donors (Lipinski definition) is 2. The zero-order valence-electron chi connectivity index (χ0n) is 16.4. The van der Waals surface area contributed by atoms with Crippen molar-refractivity contribution >= 4 is 5.91 Å². The van der Waals surface area contributed by atoms with Crippen LogP contribution in [0.15, 0.2) is 42.5 Å². The zero-order valence-corrected chi connectivity index (χ0v) is 16.4. The van der Waals surface area contributed by atoms with Gasteiger partial charge in [0.2, 0.25) is 0 Å². The molecule has 0 bridgehead atoms. The number of hydrogen-bond acceptors (Lipinski definition) is 4. The summed E-state index contributed by atoms with van der Waals surface area (Å²) in [6.07, 6.45) is 2.28. The van der Waals surface area contributed by atoms with E-state index in [9.17, 15) is 9.90 Å². The van der Waals surface area contributed by atoms with Crippen LogP contribution in [0.1, 0.15) is 29.8 Å². The maximum atomic E-state index is 13.1. The second kappa shape index (κ2) is 8.47. The van der Waals surface area contributed by atoms with Crippen molar-refractivity contribution in [2.24, 2.45) is 0 Å². The molecule has 2 N–H and O–H groups in total. The van der Waals surface area contributed by atoms with Gasteiger partial charge in [-0.25, -0.2) is 0 Å². The Morgan fingerprint density at radius 1 is 1.14 bits per heavy atom. The van der Waals surface area contributed by atoms with Crippen molar-refractivity contribution in [3.8, 4) is 11.3 Å². The summed E-state index contributed by atoms with van der Waals surface area (Å²) in [6.45, 7) is 3.13. The van der Waals surface area contributed by atoms with E-state index in [4.69, 9.17) is 4.74 Å². The highest BCUT2D eigenvalue weighted by atomic mass is 16.5. The number of carbonyl (C=O) groups excluding carboxylic acids is 1. The Morgan fingerprint density at radius 2 is 1.89 bits per heavy atom. The molecule has 2 aliphatic rings. The van der Waals surface area contributed by atoms with Crippen LogP contribution >= 0.6 is 0 Å². The van der Waals surface area contributed by atoms with Crippen LogP contribution in [0.2, 0.25) is 0 Å². The first-order valence-corrected chi connectivity index (χ1v) is 10.2. The minimum atomic E-state index is -0.538. The SMILES string of the molecule is CN(C(=O)c1ccc(-c2ccccc2)[nH]1)[C@@H]1CCC[C@@H](N2CCOCC2)[C@@H]1O. The number of nitrogens with zero attached hydrogens (tertiary/aromatic N) is 2. The van der Waals surface area contributed by atoms with Gasteiger partial charge in [0.25, 0.3) is 5.91 Å². The Morgan fingerprint density at radius 3 is 2.64 bits per heavy atom. The Balaban J connectivity index is 1.46. The molecular weight excluding hydrogens is 354 g/mol. The lowest BCUT2D eigenvalue weighted by Crippen LogP contribution is -2.58. The fourth-order valence-electron chi connectivity index (χ4n) is 4.51. The molecule has 150 valence electrons. The smallest absolute Gasteiger partial charge is 0.270 e. The summed E-state index contributed by atoms with van der Waals surface area (Å²) >= 11 is 0. The van der Waals surface area contributed by atoms with Gasteiger partial charge in [0.1, 0.15) is 5.69 Å². The first-order chi connectivity index (χ1) is 13.6. The number of carbonyl (C=O) groups is 1. The number of aromatic amines is 1. The van der Waals surface area contributed by atoms with Gasteiger partial charge in [-0.15, -0.1) is 0 Å². The molecule has 28 heavy (non-hydrogen) atoms. The minimum absolute atomic E-state index is 0.0751. The third kappa shape index (κ3) is 3.85. The molecule has 6 nitrogen and oxygen atoms in total. The van der Waals surface area contributed by atoms with Gasteiger partial charge in [0.15, 0.2) is 0 Å². The van der Waals surface area contributed by atoms with Gasteiger partial charge >= 0.3 is 0 Å². The lowest BCUT2D eigenvalue weighted by molar-refractivity contribution is -0.0614. The highest BCUT2D eigenvalue weighted by molar-refractivity contribution is 5.93. The number of ether oxygens (including phenoxy) is 1. The van der Waals surface area contributed by atoms with E-state index in [1.807, 2.05) is 42.5 Å². The van der Waals surface area contributed by atoms with Crippen molar-refractivity contribution < 1.29 is 14.6 Å². The molecule has 1 amide bonds. The summed E-state index contributed by atoms with van der Waals surface area (Å²) in [5.74, 6) is -0.0751. The van der Waals surface area contributed by atoms with Gasteiger partial charge in [-0.2, -0.15) is 0 Å². The van der Waals surface area contributed by atoms with Crippen LogP contribution in [0, 0.1) is 0 Å². The van der Waals surface area contributed by atoms with Gasteiger partial charge < -0.3 is 19.7 Å². The number of likely N-dealkylation sites (N-methyl/N-ethyl adjacent to an activating group) is 1. The summed E-state index contributed by atoms with van der Waals surface area (Å²) in [6, 6.07) is 13.7. The average Bonchev–Trinajstić information content (AvgIpc) is 3.24. The first kappa shape index (κ1) is 19.2. The Kier molecular flexibility index (Phi) is 5.80. The van der Waals surface area contributed by atoms with E-state index in [1.54, 1.807) is 11.9 Å². The lowest BCUT2D eigenvalue weighted by Gasteiger charge is -2.45. The quantitative estimate of drug-likeness (QED) is 0.851. The summed E-state index contributed by atoms with van der Waals surface area (Å²) in [5.41, 5.74) is 2.53. The van der Waals surface area contributed by atoms with Crippen LogP contribution in [0.25, 0.3) is 11.3 Å². The molecule has 0 unspecified atom stereocenters.